The highest BCUT2D eigenvalue weighted by molar-refractivity contribution is 6.05. The Morgan fingerprint density at radius 1 is 1.00 bits per heavy atom. The van der Waals surface area contributed by atoms with Crippen LogP contribution in [-0.2, 0) is 7.05 Å². The van der Waals surface area contributed by atoms with Crippen molar-refractivity contribution < 1.29 is 14.0 Å². The van der Waals surface area contributed by atoms with E-state index in [0.717, 1.165) is 22.3 Å². The molecular formula is C22H18N2O3. The van der Waals surface area contributed by atoms with Crippen LogP contribution in [0.3, 0.4) is 0 Å². The molecule has 1 amide bonds. The number of para-hydroxylation sites is 1. The van der Waals surface area contributed by atoms with Crippen LogP contribution in [0.5, 0.6) is 0 Å². The van der Waals surface area contributed by atoms with Crippen molar-refractivity contribution in [2.45, 2.75) is 6.92 Å². The van der Waals surface area contributed by atoms with Gasteiger partial charge in [0.15, 0.2) is 5.78 Å². The molecule has 0 saturated heterocycles. The van der Waals surface area contributed by atoms with Crippen molar-refractivity contribution in [3.8, 4) is 11.3 Å². The number of rotatable bonds is 4. The number of aromatic nitrogens is 1. The lowest BCUT2D eigenvalue weighted by atomic mass is 10.1. The van der Waals surface area contributed by atoms with Gasteiger partial charge in [-0.3, -0.25) is 9.59 Å². The van der Waals surface area contributed by atoms with Crippen LogP contribution < -0.4 is 5.32 Å². The van der Waals surface area contributed by atoms with E-state index in [1.807, 2.05) is 54.6 Å². The highest BCUT2D eigenvalue weighted by Gasteiger charge is 2.14. The monoisotopic (exact) mass is 358 g/mol. The van der Waals surface area contributed by atoms with Gasteiger partial charge in [0.1, 0.15) is 17.0 Å². The van der Waals surface area contributed by atoms with E-state index in [4.69, 9.17) is 4.42 Å². The van der Waals surface area contributed by atoms with Crippen LogP contribution >= 0.6 is 0 Å². The molecule has 0 spiro atoms. The summed E-state index contributed by atoms with van der Waals surface area (Å²) in [6, 6.07) is 18.9. The number of amides is 1. The van der Waals surface area contributed by atoms with Crippen LogP contribution in [0, 0.1) is 0 Å². The number of hydrogen-bond acceptors (Lipinski definition) is 3. The maximum Gasteiger partial charge on any atom is 0.272 e. The minimum Gasteiger partial charge on any atom is -0.456 e. The molecule has 0 aliphatic carbocycles. The van der Waals surface area contributed by atoms with E-state index >= 15 is 0 Å². The molecule has 0 fully saturated rings. The quantitative estimate of drug-likeness (QED) is 0.528. The normalized spacial score (nSPS) is 10.9. The molecule has 0 bridgehead atoms. The number of benzene rings is 2. The Morgan fingerprint density at radius 3 is 2.41 bits per heavy atom. The summed E-state index contributed by atoms with van der Waals surface area (Å²) in [7, 11) is 1.74. The molecule has 2 aromatic carbocycles. The number of Topliss-reactive ketones (excluding diaryl/α,β-unsaturated/α-hetero) is 1. The van der Waals surface area contributed by atoms with Crippen molar-refractivity contribution >= 4 is 28.3 Å². The molecule has 0 atom stereocenters. The second-order valence-electron chi connectivity index (χ2n) is 6.46. The lowest BCUT2D eigenvalue weighted by Crippen LogP contribution is -2.15. The first-order valence-electron chi connectivity index (χ1n) is 8.59. The topological polar surface area (TPSA) is 64.2 Å². The zero-order valence-electron chi connectivity index (χ0n) is 15.0. The van der Waals surface area contributed by atoms with Crippen LogP contribution in [0.4, 0.5) is 5.69 Å². The summed E-state index contributed by atoms with van der Waals surface area (Å²) in [6.07, 6.45) is 1.65. The third-order valence-corrected chi connectivity index (χ3v) is 4.50. The molecule has 4 aromatic rings. The maximum absolute atomic E-state index is 12.5. The fourth-order valence-electron chi connectivity index (χ4n) is 3.02. The first-order chi connectivity index (χ1) is 13.0. The Balaban J connectivity index is 1.54. The Kier molecular flexibility index (Phi) is 4.12. The first-order valence-corrected chi connectivity index (χ1v) is 8.59. The molecule has 5 heteroatoms. The number of fused-ring (bicyclic) bond motifs is 1. The summed E-state index contributed by atoms with van der Waals surface area (Å²) >= 11 is 0. The van der Waals surface area contributed by atoms with Crippen molar-refractivity contribution in [1.82, 2.24) is 4.57 Å². The van der Waals surface area contributed by atoms with Gasteiger partial charge in [-0.05, 0) is 49.4 Å². The fraction of sp³-hybridized carbons (Fsp3) is 0.0909. The summed E-state index contributed by atoms with van der Waals surface area (Å²) < 4.78 is 7.51. The largest absolute Gasteiger partial charge is 0.456 e. The van der Waals surface area contributed by atoms with Gasteiger partial charge in [-0.1, -0.05) is 18.2 Å². The molecule has 4 rings (SSSR count). The summed E-state index contributed by atoms with van der Waals surface area (Å²) in [5, 5.41) is 3.91. The number of hydrogen-bond donors (Lipinski definition) is 1. The number of ketones is 1. The van der Waals surface area contributed by atoms with E-state index < -0.39 is 0 Å². The van der Waals surface area contributed by atoms with E-state index in [0.29, 0.717) is 16.9 Å². The molecule has 2 heterocycles. The van der Waals surface area contributed by atoms with E-state index in [1.165, 1.54) is 6.92 Å². The zero-order valence-corrected chi connectivity index (χ0v) is 15.0. The fourth-order valence-corrected chi connectivity index (χ4v) is 3.02. The minimum absolute atomic E-state index is 0.0696. The predicted molar refractivity (Wildman–Crippen MR) is 105 cm³/mol. The van der Waals surface area contributed by atoms with Crippen molar-refractivity contribution in [2.24, 2.45) is 7.05 Å². The van der Waals surface area contributed by atoms with Gasteiger partial charge >= 0.3 is 0 Å². The van der Waals surface area contributed by atoms with Gasteiger partial charge in [0.05, 0.1) is 0 Å². The molecule has 0 aliphatic heterocycles. The maximum atomic E-state index is 12.5. The second-order valence-corrected chi connectivity index (χ2v) is 6.46. The molecule has 0 saturated carbocycles. The standard InChI is InChI=1S/C22H18N2O3/c1-14(25)17-11-19(24(2)13-17)22(26)23-18-9-7-15(8-10-18)21-12-16-5-3-4-6-20(16)27-21/h3-13H,1-2H3,(H,23,26). The van der Waals surface area contributed by atoms with Gasteiger partial charge in [-0.2, -0.15) is 0 Å². The zero-order chi connectivity index (χ0) is 19.0. The van der Waals surface area contributed by atoms with E-state index in [9.17, 15) is 9.59 Å². The number of nitrogens with zero attached hydrogens (tertiary/aromatic N) is 1. The molecule has 0 unspecified atom stereocenters. The van der Waals surface area contributed by atoms with Gasteiger partial charge in [0.2, 0.25) is 0 Å². The average molecular weight is 358 g/mol. The minimum atomic E-state index is -0.263. The molecule has 134 valence electrons. The number of furan rings is 1. The van der Waals surface area contributed by atoms with Crippen LogP contribution in [0.15, 0.2) is 71.3 Å². The average Bonchev–Trinajstić information content (AvgIpc) is 3.26. The van der Waals surface area contributed by atoms with Gasteiger partial charge in [0.25, 0.3) is 5.91 Å². The number of carbonyl (C=O) groups excluding carboxylic acids is 2. The number of carbonyl (C=O) groups is 2. The number of anilines is 1. The van der Waals surface area contributed by atoms with Crippen LogP contribution in [0.1, 0.15) is 27.8 Å². The van der Waals surface area contributed by atoms with E-state index in [2.05, 4.69) is 5.32 Å². The van der Waals surface area contributed by atoms with Crippen LogP contribution in [-0.4, -0.2) is 16.3 Å². The summed E-state index contributed by atoms with van der Waals surface area (Å²) in [5.74, 6) is 0.448. The predicted octanol–water partition coefficient (Wildman–Crippen LogP) is 4.89. The highest BCUT2D eigenvalue weighted by atomic mass is 16.3. The van der Waals surface area contributed by atoms with Crippen LogP contribution in [0.2, 0.25) is 0 Å². The number of nitrogens with one attached hydrogen (secondary N) is 1. The highest BCUT2D eigenvalue weighted by Crippen LogP contribution is 2.28. The summed E-state index contributed by atoms with van der Waals surface area (Å²) in [5.41, 5.74) is 3.40. The molecule has 5 nitrogen and oxygen atoms in total. The van der Waals surface area contributed by atoms with Crippen molar-refractivity contribution in [1.29, 1.82) is 0 Å². The third-order valence-electron chi connectivity index (χ3n) is 4.50. The summed E-state index contributed by atoms with van der Waals surface area (Å²) in [6.45, 7) is 1.48. The lowest BCUT2D eigenvalue weighted by Gasteiger charge is -2.06. The van der Waals surface area contributed by atoms with Crippen molar-refractivity contribution in [3.05, 3.63) is 78.1 Å². The SMILES string of the molecule is CC(=O)c1cc(C(=O)Nc2ccc(-c3cc4ccccc4o3)cc2)n(C)c1. The Bertz CT molecular complexity index is 1120. The lowest BCUT2D eigenvalue weighted by molar-refractivity contribution is 0.101. The van der Waals surface area contributed by atoms with Gasteiger partial charge < -0.3 is 14.3 Å². The van der Waals surface area contributed by atoms with Gasteiger partial charge in [-0.25, -0.2) is 0 Å². The van der Waals surface area contributed by atoms with Crippen molar-refractivity contribution in [3.63, 3.8) is 0 Å². The second kappa shape index (κ2) is 6.61. The molecular weight excluding hydrogens is 340 g/mol. The van der Waals surface area contributed by atoms with Gasteiger partial charge in [0, 0.05) is 35.4 Å². The Labute approximate surface area is 156 Å². The molecule has 0 radical (unpaired) electrons. The van der Waals surface area contributed by atoms with Crippen LogP contribution in [0.25, 0.3) is 22.3 Å². The Morgan fingerprint density at radius 2 is 1.74 bits per heavy atom. The molecule has 0 aliphatic rings. The Hall–Kier alpha value is -3.60. The molecule has 1 N–H and O–H groups in total. The van der Waals surface area contributed by atoms with Gasteiger partial charge in [-0.15, -0.1) is 0 Å². The molecule has 2 aromatic heterocycles. The first kappa shape index (κ1) is 16.8. The molecule has 27 heavy (non-hydrogen) atoms. The summed E-state index contributed by atoms with van der Waals surface area (Å²) in [4.78, 5) is 24.0. The van der Waals surface area contributed by atoms with Crippen molar-refractivity contribution in [2.75, 3.05) is 5.32 Å². The smallest absolute Gasteiger partial charge is 0.272 e. The van der Waals surface area contributed by atoms with E-state index in [1.54, 1.807) is 23.9 Å². The third kappa shape index (κ3) is 3.27. The van der Waals surface area contributed by atoms with E-state index in [-0.39, 0.29) is 11.7 Å². The number of aryl methyl sites for hydroxylation is 1.